The molecule has 2 heterocycles. The summed E-state index contributed by atoms with van der Waals surface area (Å²) in [6.45, 7) is 1.97. The van der Waals surface area contributed by atoms with E-state index in [1.54, 1.807) is 17.1 Å². The smallest absolute Gasteiger partial charge is 0.231 e. The van der Waals surface area contributed by atoms with E-state index in [0.29, 0.717) is 0 Å². The zero-order valence-corrected chi connectivity index (χ0v) is 15.8. The van der Waals surface area contributed by atoms with E-state index in [-0.39, 0.29) is 11.9 Å². The van der Waals surface area contributed by atoms with Crippen LogP contribution in [-0.4, -0.2) is 27.6 Å². The van der Waals surface area contributed by atoms with Gasteiger partial charge in [-0.25, -0.2) is 9.50 Å². The van der Waals surface area contributed by atoms with E-state index in [1.807, 2.05) is 37.4 Å². The molecule has 0 bridgehead atoms. The molecule has 1 aliphatic rings. The van der Waals surface area contributed by atoms with Gasteiger partial charge in [-0.05, 0) is 37.5 Å². The fraction of sp³-hybridized carbons (Fsp3) is 0.421. The normalized spacial score (nSPS) is 17.3. The Balaban J connectivity index is 1.57. The van der Waals surface area contributed by atoms with Gasteiger partial charge in [0.1, 0.15) is 11.3 Å². The summed E-state index contributed by atoms with van der Waals surface area (Å²) >= 11 is 1.49. The standard InChI is InChI=1S/C19H22N4O2S/c1-13(16-11-23-18(22-16)26-12-20-23)21-17(24)19(9-3-4-10-19)14-5-7-15(25-2)8-6-14/h5-8,11-13H,3-4,9-10H2,1-2H3,(H,21,24)/t13-/m1/s1. The highest BCUT2D eigenvalue weighted by molar-refractivity contribution is 7.14. The maximum absolute atomic E-state index is 13.3. The lowest BCUT2D eigenvalue weighted by molar-refractivity contribution is -0.127. The van der Waals surface area contributed by atoms with Crippen LogP contribution in [0.5, 0.6) is 5.75 Å². The number of carbonyl (C=O) groups is 1. The summed E-state index contributed by atoms with van der Waals surface area (Å²) in [5, 5.41) is 7.39. The van der Waals surface area contributed by atoms with Gasteiger partial charge in [0.2, 0.25) is 10.9 Å². The van der Waals surface area contributed by atoms with Gasteiger partial charge < -0.3 is 10.1 Å². The lowest BCUT2D eigenvalue weighted by Crippen LogP contribution is -2.43. The molecule has 1 aromatic carbocycles. The van der Waals surface area contributed by atoms with Crippen molar-refractivity contribution in [3.63, 3.8) is 0 Å². The van der Waals surface area contributed by atoms with Gasteiger partial charge in [-0.15, -0.1) is 0 Å². The molecule has 1 saturated carbocycles. The lowest BCUT2D eigenvalue weighted by atomic mass is 9.77. The Bertz CT molecular complexity index is 881. The van der Waals surface area contributed by atoms with Crippen LogP contribution < -0.4 is 10.1 Å². The number of benzene rings is 1. The first-order valence-electron chi connectivity index (χ1n) is 8.87. The van der Waals surface area contributed by atoms with Gasteiger partial charge >= 0.3 is 0 Å². The predicted octanol–water partition coefficient (Wildman–Crippen LogP) is 3.49. The number of fused-ring (bicyclic) bond motifs is 1. The largest absolute Gasteiger partial charge is 0.497 e. The molecule has 1 fully saturated rings. The number of nitrogens with zero attached hydrogens (tertiary/aromatic N) is 3. The maximum atomic E-state index is 13.3. The third-order valence-electron chi connectivity index (χ3n) is 5.33. The van der Waals surface area contributed by atoms with Gasteiger partial charge in [0.25, 0.3) is 0 Å². The molecule has 136 valence electrons. The molecule has 3 aromatic rings. The average Bonchev–Trinajstić information content (AvgIpc) is 3.37. The number of ether oxygens (including phenoxy) is 1. The second-order valence-electron chi connectivity index (χ2n) is 6.84. The second-order valence-corrected chi connectivity index (χ2v) is 7.66. The van der Waals surface area contributed by atoms with Crippen molar-refractivity contribution in [1.29, 1.82) is 0 Å². The van der Waals surface area contributed by atoms with Crippen molar-refractivity contribution >= 4 is 22.2 Å². The van der Waals surface area contributed by atoms with Crippen LogP contribution in [-0.2, 0) is 10.2 Å². The SMILES string of the molecule is COc1ccc(C2(C(=O)N[C@H](C)c3cn4ncsc4n3)CCCC2)cc1. The summed E-state index contributed by atoms with van der Waals surface area (Å²) in [7, 11) is 1.65. The number of carbonyl (C=O) groups excluding carboxylic acids is 1. The molecule has 2 aromatic heterocycles. The Kier molecular flexibility index (Phi) is 4.40. The molecule has 0 radical (unpaired) electrons. The van der Waals surface area contributed by atoms with Crippen LogP contribution >= 0.6 is 11.3 Å². The number of imidazole rings is 1. The monoisotopic (exact) mass is 370 g/mol. The summed E-state index contributed by atoms with van der Waals surface area (Å²) < 4.78 is 7.00. The molecule has 4 rings (SSSR count). The third kappa shape index (κ3) is 2.86. The van der Waals surface area contributed by atoms with E-state index >= 15 is 0 Å². The minimum atomic E-state index is -0.462. The van der Waals surface area contributed by atoms with Gasteiger partial charge in [0.05, 0.1) is 30.5 Å². The van der Waals surface area contributed by atoms with Gasteiger partial charge in [-0.2, -0.15) is 5.10 Å². The molecule has 1 amide bonds. The summed E-state index contributed by atoms with van der Waals surface area (Å²) in [6.07, 6.45) is 5.76. The molecule has 26 heavy (non-hydrogen) atoms. The molecule has 0 saturated heterocycles. The number of hydrogen-bond acceptors (Lipinski definition) is 5. The first-order chi connectivity index (χ1) is 12.6. The topological polar surface area (TPSA) is 68.5 Å². The fourth-order valence-electron chi connectivity index (χ4n) is 3.81. The Hall–Kier alpha value is -2.41. The van der Waals surface area contributed by atoms with Crippen LogP contribution in [0.2, 0.25) is 0 Å². The van der Waals surface area contributed by atoms with Crippen LogP contribution in [0.3, 0.4) is 0 Å². The fourth-order valence-corrected chi connectivity index (χ4v) is 4.42. The van der Waals surface area contributed by atoms with Gasteiger partial charge in [0.15, 0.2) is 0 Å². The van der Waals surface area contributed by atoms with Crippen LogP contribution in [0.25, 0.3) is 4.96 Å². The zero-order chi connectivity index (χ0) is 18.1. The number of aromatic nitrogens is 3. The summed E-state index contributed by atoms with van der Waals surface area (Å²) in [5.41, 5.74) is 3.19. The molecule has 0 spiro atoms. The number of amides is 1. The number of hydrogen-bond donors (Lipinski definition) is 1. The molecule has 1 aliphatic carbocycles. The van der Waals surface area contributed by atoms with Gasteiger partial charge in [0, 0.05) is 0 Å². The first kappa shape index (κ1) is 17.0. The minimum absolute atomic E-state index is 0.0805. The number of nitrogens with one attached hydrogen (secondary N) is 1. The lowest BCUT2D eigenvalue weighted by Gasteiger charge is -2.30. The van der Waals surface area contributed by atoms with Crippen molar-refractivity contribution in [3.8, 4) is 5.75 Å². The van der Waals surface area contributed by atoms with Crippen molar-refractivity contribution in [3.05, 3.63) is 47.2 Å². The van der Waals surface area contributed by atoms with Crippen molar-refractivity contribution in [2.24, 2.45) is 0 Å². The van der Waals surface area contributed by atoms with E-state index in [1.165, 1.54) is 11.3 Å². The van der Waals surface area contributed by atoms with Crippen LogP contribution in [0.15, 0.2) is 36.0 Å². The highest BCUT2D eigenvalue weighted by Gasteiger charge is 2.43. The molecular formula is C19H22N4O2S. The molecule has 0 aliphatic heterocycles. The summed E-state index contributed by atoms with van der Waals surface area (Å²) in [4.78, 5) is 18.7. The van der Waals surface area contributed by atoms with Crippen molar-refractivity contribution in [2.75, 3.05) is 7.11 Å². The van der Waals surface area contributed by atoms with Crippen molar-refractivity contribution in [2.45, 2.75) is 44.1 Å². The van der Waals surface area contributed by atoms with Crippen LogP contribution in [0.4, 0.5) is 0 Å². The van der Waals surface area contributed by atoms with Gasteiger partial charge in [-0.3, -0.25) is 4.79 Å². The molecule has 6 nitrogen and oxygen atoms in total. The highest BCUT2D eigenvalue weighted by Crippen LogP contribution is 2.42. The van der Waals surface area contributed by atoms with Gasteiger partial charge in [-0.1, -0.05) is 36.3 Å². The zero-order valence-electron chi connectivity index (χ0n) is 14.9. The Morgan fingerprint density at radius 3 is 2.69 bits per heavy atom. The van der Waals surface area contributed by atoms with Crippen LogP contribution in [0, 0.1) is 0 Å². The second kappa shape index (κ2) is 6.72. The van der Waals surface area contributed by atoms with E-state index in [4.69, 9.17) is 4.74 Å². The molecule has 1 N–H and O–H groups in total. The first-order valence-corrected chi connectivity index (χ1v) is 9.75. The van der Waals surface area contributed by atoms with Crippen molar-refractivity contribution in [1.82, 2.24) is 19.9 Å². The van der Waals surface area contributed by atoms with Crippen molar-refractivity contribution < 1.29 is 9.53 Å². The van der Waals surface area contributed by atoms with E-state index in [9.17, 15) is 4.79 Å². The third-order valence-corrected chi connectivity index (χ3v) is 6.02. The average molecular weight is 370 g/mol. The highest BCUT2D eigenvalue weighted by atomic mass is 32.1. The molecular weight excluding hydrogens is 348 g/mol. The summed E-state index contributed by atoms with van der Waals surface area (Å²) in [6, 6.07) is 7.74. The Morgan fingerprint density at radius 2 is 2.04 bits per heavy atom. The molecule has 7 heteroatoms. The van der Waals surface area contributed by atoms with E-state index < -0.39 is 5.41 Å². The van der Waals surface area contributed by atoms with Crippen LogP contribution in [0.1, 0.15) is 49.9 Å². The number of methoxy groups -OCH3 is 1. The molecule has 1 atom stereocenters. The number of rotatable bonds is 5. The Morgan fingerprint density at radius 1 is 1.31 bits per heavy atom. The quantitative estimate of drug-likeness (QED) is 0.746. The molecule has 0 unspecified atom stereocenters. The maximum Gasteiger partial charge on any atom is 0.231 e. The van der Waals surface area contributed by atoms with E-state index in [0.717, 1.165) is 47.7 Å². The predicted molar refractivity (Wildman–Crippen MR) is 101 cm³/mol. The Labute approximate surface area is 156 Å². The minimum Gasteiger partial charge on any atom is -0.497 e. The van der Waals surface area contributed by atoms with E-state index in [2.05, 4.69) is 15.4 Å². The summed E-state index contributed by atoms with van der Waals surface area (Å²) in [5.74, 6) is 0.887.